The van der Waals surface area contributed by atoms with Gasteiger partial charge in [0.2, 0.25) is 5.91 Å². The molecule has 1 N–H and O–H groups in total. The molecule has 1 amide bonds. The zero-order valence-electron chi connectivity index (χ0n) is 18.7. The summed E-state index contributed by atoms with van der Waals surface area (Å²) < 4.78 is 7.77. The third kappa shape index (κ3) is 4.79. The summed E-state index contributed by atoms with van der Waals surface area (Å²) in [5.74, 6) is 1.44. The van der Waals surface area contributed by atoms with Crippen LogP contribution in [0.2, 0.25) is 5.02 Å². The maximum atomic E-state index is 12.8. The molecule has 0 aliphatic carbocycles. The number of aromatic nitrogens is 2. The van der Waals surface area contributed by atoms with Crippen LogP contribution in [0.15, 0.2) is 78.9 Å². The number of hydrogen-bond acceptors (Lipinski definition) is 4. The van der Waals surface area contributed by atoms with Crippen LogP contribution in [0, 0.1) is 0 Å². The highest BCUT2D eigenvalue weighted by Gasteiger charge is 2.34. The number of ether oxygens (including phenoxy) is 1. The van der Waals surface area contributed by atoms with E-state index in [1.165, 1.54) is 0 Å². The lowest BCUT2D eigenvalue weighted by Crippen LogP contribution is -2.26. The van der Waals surface area contributed by atoms with Gasteiger partial charge < -0.3 is 19.3 Å². The van der Waals surface area contributed by atoms with Crippen molar-refractivity contribution in [2.45, 2.75) is 31.5 Å². The molecular formula is C27H26ClN3O3. The van der Waals surface area contributed by atoms with Crippen molar-refractivity contribution in [1.82, 2.24) is 14.5 Å². The first-order valence-corrected chi connectivity index (χ1v) is 11.8. The van der Waals surface area contributed by atoms with Gasteiger partial charge in [-0.15, -0.1) is 0 Å². The SMILES string of the molecule is O=C1C[C@@H](c2nc3ccccc3n2C[C@@H](O)COc2ccccc2Cl)CN1Cc1ccccc1. The molecule has 2 atom stereocenters. The molecule has 34 heavy (non-hydrogen) atoms. The molecule has 5 rings (SSSR count). The van der Waals surface area contributed by atoms with Crippen molar-refractivity contribution in [1.29, 1.82) is 0 Å². The maximum Gasteiger partial charge on any atom is 0.223 e. The Morgan fingerprint density at radius 1 is 1.03 bits per heavy atom. The molecule has 174 valence electrons. The highest BCUT2D eigenvalue weighted by atomic mass is 35.5. The number of likely N-dealkylation sites (tertiary alicyclic amines) is 1. The van der Waals surface area contributed by atoms with Crippen LogP contribution >= 0.6 is 11.6 Å². The van der Waals surface area contributed by atoms with E-state index in [2.05, 4.69) is 0 Å². The number of fused-ring (bicyclic) bond motifs is 1. The molecule has 1 aliphatic heterocycles. The summed E-state index contributed by atoms with van der Waals surface area (Å²) in [6, 6.07) is 25.1. The Hall–Kier alpha value is -3.35. The number of imidazole rings is 1. The van der Waals surface area contributed by atoms with E-state index in [4.69, 9.17) is 21.3 Å². The standard InChI is InChI=1S/C27H26ClN3O3/c28-22-10-4-7-13-25(22)34-18-21(32)17-31-24-12-6-5-11-23(24)29-27(31)20-14-26(33)30(16-20)15-19-8-2-1-3-9-19/h1-13,20-21,32H,14-18H2/t20-,21-/m1/s1. The lowest BCUT2D eigenvalue weighted by molar-refractivity contribution is -0.128. The van der Waals surface area contributed by atoms with Gasteiger partial charge >= 0.3 is 0 Å². The average Bonchev–Trinajstić information content (AvgIpc) is 3.39. The molecule has 1 fully saturated rings. The Kier molecular flexibility index (Phi) is 6.52. The van der Waals surface area contributed by atoms with Crippen molar-refractivity contribution in [3.63, 3.8) is 0 Å². The van der Waals surface area contributed by atoms with Crippen LogP contribution < -0.4 is 4.74 Å². The number of rotatable bonds is 8. The number of hydrogen-bond donors (Lipinski definition) is 1. The molecule has 0 spiro atoms. The molecule has 6 nitrogen and oxygen atoms in total. The highest BCUT2D eigenvalue weighted by Crippen LogP contribution is 2.31. The van der Waals surface area contributed by atoms with E-state index in [1.807, 2.05) is 76.2 Å². The first kappa shape index (κ1) is 22.4. The molecule has 4 aromatic rings. The number of carbonyl (C=O) groups excluding carboxylic acids is 1. The Bertz CT molecular complexity index is 1290. The minimum absolute atomic E-state index is 0.0414. The van der Waals surface area contributed by atoms with Gasteiger partial charge in [0.1, 0.15) is 24.3 Å². The van der Waals surface area contributed by atoms with Gasteiger partial charge in [-0.1, -0.05) is 66.2 Å². The zero-order valence-corrected chi connectivity index (χ0v) is 19.4. The first-order valence-electron chi connectivity index (χ1n) is 11.4. The normalized spacial score (nSPS) is 16.8. The Labute approximate surface area is 203 Å². The van der Waals surface area contributed by atoms with Crippen LogP contribution in [-0.2, 0) is 17.9 Å². The number of para-hydroxylation sites is 3. The molecule has 0 radical (unpaired) electrons. The minimum atomic E-state index is -0.773. The van der Waals surface area contributed by atoms with Crippen LogP contribution in [0.3, 0.4) is 0 Å². The number of benzene rings is 3. The van der Waals surface area contributed by atoms with Crippen molar-refractivity contribution in [3.8, 4) is 5.75 Å². The summed E-state index contributed by atoms with van der Waals surface area (Å²) in [4.78, 5) is 19.6. The topological polar surface area (TPSA) is 67.6 Å². The molecule has 7 heteroatoms. The molecular weight excluding hydrogens is 450 g/mol. The summed E-state index contributed by atoms with van der Waals surface area (Å²) in [7, 11) is 0. The van der Waals surface area contributed by atoms with Crippen LogP contribution in [-0.4, -0.2) is 44.7 Å². The van der Waals surface area contributed by atoms with Crippen LogP contribution in [0.4, 0.5) is 0 Å². The van der Waals surface area contributed by atoms with E-state index >= 15 is 0 Å². The molecule has 1 saturated heterocycles. The first-order chi connectivity index (χ1) is 16.6. The largest absolute Gasteiger partial charge is 0.489 e. The Balaban J connectivity index is 1.35. The number of halogens is 1. The van der Waals surface area contributed by atoms with Gasteiger partial charge in [-0.25, -0.2) is 4.98 Å². The number of nitrogens with zero attached hydrogens (tertiary/aromatic N) is 3. The van der Waals surface area contributed by atoms with Crippen LogP contribution in [0.25, 0.3) is 11.0 Å². The van der Waals surface area contributed by atoms with Gasteiger partial charge in [-0.3, -0.25) is 4.79 Å². The number of aliphatic hydroxyl groups excluding tert-OH is 1. The third-order valence-corrected chi connectivity index (χ3v) is 6.45. The fraction of sp³-hybridized carbons (Fsp3) is 0.259. The monoisotopic (exact) mass is 475 g/mol. The number of amides is 1. The summed E-state index contributed by atoms with van der Waals surface area (Å²) in [5, 5.41) is 11.3. The van der Waals surface area contributed by atoms with E-state index < -0.39 is 6.10 Å². The molecule has 2 heterocycles. The lowest BCUT2D eigenvalue weighted by Gasteiger charge is -2.19. The molecule has 3 aromatic carbocycles. The fourth-order valence-corrected chi connectivity index (χ4v) is 4.70. The highest BCUT2D eigenvalue weighted by molar-refractivity contribution is 6.32. The summed E-state index contributed by atoms with van der Waals surface area (Å²) in [6.07, 6.45) is -0.368. The molecule has 0 bridgehead atoms. The van der Waals surface area contributed by atoms with Crippen molar-refractivity contribution >= 4 is 28.5 Å². The second kappa shape index (κ2) is 9.87. The van der Waals surface area contributed by atoms with Gasteiger partial charge in [-0.2, -0.15) is 0 Å². The summed E-state index contributed by atoms with van der Waals surface area (Å²) >= 11 is 6.17. The van der Waals surface area contributed by atoms with E-state index in [0.717, 1.165) is 22.4 Å². The van der Waals surface area contributed by atoms with Crippen molar-refractivity contribution < 1.29 is 14.6 Å². The van der Waals surface area contributed by atoms with Crippen molar-refractivity contribution in [3.05, 3.63) is 95.3 Å². The third-order valence-electron chi connectivity index (χ3n) is 6.14. The lowest BCUT2D eigenvalue weighted by atomic mass is 10.1. The van der Waals surface area contributed by atoms with E-state index in [1.54, 1.807) is 12.1 Å². The molecule has 1 aliphatic rings. The van der Waals surface area contributed by atoms with Gasteiger partial charge in [0.05, 0.1) is 22.6 Å². The van der Waals surface area contributed by atoms with Gasteiger partial charge in [0.15, 0.2) is 0 Å². The second-order valence-corrected chi connectivity index (χ2v) is 9.03. The van der Waals surface area contributed by atoms with Gasteiger partial charge in [0.25, 0.3) is 0 Å². The summed E-state index contributed by atoms with van der Waals surface area (Å²) in [5.41, 5.74) is 2.89. The van der Waals surface area contributed by atoms with Crippen LogP contribution in [0.5, 0.6) is 5.75 Å². The molecule has 0 saturated carbocycles. The quantitative estimate of drug-likeness (QED) is 0.403. The van der Waals surface area contributed by atoms with Crippen molar-refractivity contribution in [2.24, 2.45) is 0 Å². The second-order valence-electron chi connectivity index (χ2n) is 8.63. The Morgan fingerprint density at radius 2 is 1.76 bits per heavy atom. The predicted molar refractivity (Wildman–Crippen MR) is 132 cm³/mol. The average molecular weight is 476 g/mol. The fourth-order valence-electron chi connectivity index (χ4n) is 4.51. The number of aliphatic hydroxyl groups is 1. The van der Waals surface area contributed by atoms with Gasteiger partial charge in [-0.05, 0) is 29.8 Å². The smallest absolute Gasteiger partial charge is 0.223 e. The van der Waals surface area contributed by atoms with E-state index in [-0.39, 0.29) is 18.4 Å². The number of carbonyl (C=O) groups is 1. The Morgan fingerprint density at radius 3 is 2.59 bits per heavy atom. The maximum absolute atomic E-state index is 12.8. The summed E-state index contributed by atoms with van der Waals surface area (Å²) in [6.45, 7) is 1.59. The molecule has 0 unspecified atom stereocenters. The zero-order chi connectivity index (χ0) is 23.5. The van der Waals surface area contributed by atoms with Crippen LogP contribution in [0.1, 0.15) is 23.7 Å². The predicted octanol–water partition coefficient (Wildman–Crippen LogP) is 4.65. The van der Waals surface area contributed by atoms with E-state index in [0.29, 0.717) is 36.8 Å². The molecule has 1 aromatic heterocycles. The van der Waals surface area contributed by atoms with Gasteiger partial charge in [0, 0.05) is 25.4 Å². The van der Waals surface area contributed by atoms with Crippen molar-refractivity contribution in [2.75, 3.05) is 13.2 Å². The minimum Gasteiger partial charge on any atom is -0.489 e. The van der Waals surface area contributed by atoms with E-state index in [9.17, 15) is 9.90 Å².